The average molecular weight is 457 g/mol. The molecule has 0 aliphatic carbocycles. The number of hydrogen-bond acceptors (Lipinski definition) is 8. The fourth-order valence-electron chi connectivity index (χ4n) is 2.53. The van der Waals surface area contributed by atoms with Gasteiger partial charge in [0.1, 0.15) is 12.1 Å². The molecule has 0 aliphatic rings. The van der Waals surface area contributed by atoms with Crippen LogP contribution in [0.4, 0.5) is 0 Å². The van der Waals surface area contributed by atoms with Crippen LogP contribution in [0.2, 0.25) is 0 Å². The number of nitrogens with two attached hydrogens (primary N) is 1. The van der Waals surface area contributed by atoms with Gasteiger partial charge in [-0.3, -0.25) is 14.4 Å². The maximum absolute atomic E-state index is 12.8. The molecule has 0 saturated heterocycles. The van der Waals surface area contributed by atoms with Crippen LogP contribution in [-0.2, 0) is 25.6 Å². The van der Waals surface area contributed by atoms with Crippen molar-refractivity contribution in [2.45, 2.75) is 43.6 Å². The Morgan fingerprint density at radius 2 is 1.55 bits per heavy atom. The van der Waals surface area contributed by atoms with E-state index in [0.29, 0.717) is 5.56 Å². The van der Waals surface area contributed by atoms with Gasteiger partial charge in [0.05, 0.1) is 18.8 Å². The Hall–Kier alpha value is -2.67. The summed E-state index contributed by atoms with van der Waals surface area (Å²) in [7, 11) is 0. The molecule has 1 rings (SSSR count). The van der Waals surface area contributed by atoms with Crippen molar-refractivity contribution in [2.24, 2.45) is 5.73 Å². The summed E-state index contributed by atoms with van der Waals surface area (Å²) in [4.78, 5) is 48.4. The number of carbonyl (C=O) groups excluding carboxylic acids is 3. The van der Waals surface area contributed by atoms with E-state index in [1.165, 1.54) is 6.92 Å². The van der Waals surface area contributed by atoms with E-state index in [9.17, 15) is 29.4 Å². The molecule has 0 radical (unpaired) electrons. The summed E-state index contributed by atoms with van der Waals surface area (Å²) in [6, 6.07) is 3.51. The minimum atomic E-state index is -1.63. The second kappa shape index (κ2) is 12.9. The number of aliphatic hydroxyl groups excluding tert-OH is 2. The molecule has 11 nitrogen and oxygen atoms in total. The van der Waals surface area contributed by atoms with Crippen molar-refractivity contribution in [1.82, 2.24) is 16.0 Å². The number of amides is 3. The summed E-state index contributed by atoms with van der Waals surface area (Å²) in [6.07, 6.45) is -1.34. The molecule has 0 aliphatic heterocycles. The van der Waals surface area contributed by atoms with Gasteiger partial charge in [-0.15, -0.1) is 0 Å². The molecule has 172 valence electrons. The molecule has 31 heavy (non-hydrogen) atoms. The summed E-state index contributed by atoms with van der Waals surface area (Å²) in [5.74, 6) is -3.87. The van der Waals surface area contributed by atoms with Crippen LogP contribution in [0.3, 0.4) is 0 Å². The van der Waals surface area contributed by atoms with Gasteiger partial charge in [0.25, 0.3) is 0 Å². The molecule has 5 atom stereocenters. The predicted molar refractivity (Wildman–Crippen MR) is 114 cm³/mol. The highest BCUT2D eigenvalue weighted by molar-refractivity contribution is 7.80. The first-order chi connectivity index (χ1) is 14.6. The number of aliphatic hydroxyl groups is 2. The van der Waals surface area contributed by atoms with Crippen molar-refractivity contribution < 1.29 is 34.5 Å². The molecule has 1 aromatic rings. The minimum absolute atomic E-state index is 0.0447. The van der Waals surface area contributed by atoms with E-state index in [2.05, 4.69) is 23.3 Å². The normalized spacial score (nSPS) is 15.6. The molecule has 0 fully saturated rings. The lowest BCUT2D eigenvalue weighted by molar-refractivity contribution is -0.145. The van der Waals surface area contributed by atoms with E-state index in [1.54, 1.807) is 30.3 Å². The number of hydrogen-bond donors (Lipinski definition) is 8. The molecule has 0 spiro atoms. The third-order valence-electron chi connectivity index (χ3n) is 4.31. The third kappa shape index (κ3) is 8.53. The maximum Gasteiger partial charge on any atom is 0.328 e. The Labute approximate surface area is 184 Å². The third-order valence-corrected chi connectivity index (χ3v) is 4.70. The van der Waals surface area contributed by atoms with Crippen LogP contribution in [0.15, 0.2) is 30.3 Å². The molecule has 0 heterocycles. The van der Waals surface area contributed by atoms with Crippen LogP contribution in [0.1, 0.15) is 12.5 Å². The fourth-order valence-corrected chi connectivity index (χ4v) is 2.70. The van der Waals surface area contributed by atoms with Crippen molar-refractivity contribution in [3.8, 4) is 0 Å². The highest BCUT2D eigenvalue weighted by atomic mass is 32.1. The average Bonchev–Trinajstić information content (AvgIpc) is 2.74. The summed E-state index contributed by atoms with van der Waals surface area (Å²) in [6.45, 7) is 0.327. The van der Waals surface area contributed by atoms with E-state index in [1.807, 2.05) is 5.32 Å². The van der Waals surface area contributed by atoms with Crippen LogP contribution < -0.4 is 21.7 Å². The van der Waals surface area contributed by atoms with E-state index >= 15 is 0 Å². The van der Waals surface area contributed by atoms with E-state index in [-0.39, 0.29) is 12.2 Å². The van der Waals surface area contributed by atoms with Gasteiger partial charge in [0, 0.05) is 12.2 Å². The van der Waals surface area contributed by atoms with Crippen LogP contribution in [0, 0.1) is 0 Å². The minimum Gasteiger partial charge on any atom is -0.480 e. The van der Waals surface area contributed by atoms with Gasteiger partial charge in [-0.25, -0.2) is 4.79 Å². The molecular weight excluding hydrogens is 428 g/mol. The first kappa shape index (κ1) is 26.4. The van der Waals surface area contributed by atoms with Crippen LogP contribution in [0.25, 0.3) is 0 Å². The number of carbonyl (C=O) groups is 4. The SMILES string of the molecule is CC(O)C(NC(=O)C(CO)NC(=O)C(Cc1ccccc1)NC(=O)C(N)CS)C(=O)O. The molecule has 3 amide bonds. The lowest BCUT2D eigenvalue weighted by Gasteiger charge is -2.24. The Balaban J connectivity index is 2.96. The molecule has 1 aromatic carbocycles. The Kier molecular flexibility index (Phi) is 11.0. The highest BCUT2D eigenvalue weighted by Gasteiger charge is 2.31. The zero-order valence-electron chi connectivity index (χ0n) is 16.9. The molecule has 0 bridgehead atoms. The van der Waals surface area contributed by atoms with Crippen LogP contribution in [0.5, 0.6) is 0 Å². The fraction of sp³-hybridized carbons (Fsp3) is 0.474. The van der Waals surface area contributed by atoms with Gasteiger partial charge in [-0.1, -0.05) is 30.3 Å². The number of rotatable bonds is 12. The quantitative estimate of drug-likeness (QED) is 0.157. The van der Waals surface area contributed by atoms with Crippen LogP contribution in [-0.4, -0.2) is 81.6 Å². The summed E-state index contributed by atoms with van der Waals surface area (Å²) >= 11 is 3.95. The lowest BCUT2D eigenvalue weighted by Crippen LogP contribution is -2.59. The largest absolute Gasteiger partial charge is 0.480 e. The second-order valence-electron chi connectivity index (χ2n) is 6.85. The zero-order chi connectivity index (χ0) is 23.6. The zero-order valence-corrected chi connectivity index (χ0v) is 17.8. The molecule has 8 N–H and O–H groups in total. The van der Waals surface area contributed by atoms with Gasteiger partial charge < -0.3 is 37.0 Å². The van der Waals surface area contributed by atoms with E-state index in [0.717, 1.165) is 0 Å². The smallest absolute Gasteiger partial charge is 0.328 e. The number of carboxylic acids is 1. The van der Waals surface area contributed by atoms with Crippen molar-refractivity contribution in [2.75, 3.05) is 12.4 Å². The predicted octanol–water partition coefficient (Wildman–Crippen LogP) is -2.60. The molecule has 0 aromatic heterocycles. The van der Waals surface area contributed by atoms with E-state index < -0.39 is 60.6 Å². The van der Waals surface area contributed by atoms with Gasteiger partial charge in [0.2, 0.25) is 17.7 Å². The standard InChI is InChI=1S/C19H28N4O7S/c1-10(25)15(19(29)30)23-18(28)14(8-24)22-17(27)13(21-16(26)12(20)9-31)7-11-5-3-2-4-6-11/h2-6,10,12-15,24-25,31H,7-9,20H2,1H3,(H,21,26)(H,22,27)(H,23,28)(H,29,30). The summed E-state index contributed by atoms with van der Waals surface area (Å²) < 4.78 is 0. The van der Waals surface area contributed by atoms with Crippen molar-refractivity contribution in [1.29, 1.82) is 0 Å². The van der Waals surface area contributed by atoms with Crippen molar-refractivity contribution in [3.63, 3.8) is 0 Å². The number of benzene rings is 1. The number of thiol groups is 1. The first-order valence-corrected chi connectivity index (χ1v) is 10.1. The highest BCUT2D eigenvalue weighted by Crippen LogP contribution is 2.05. The van der Waals surface area contributed by atoms with Gasteiger partial charge >= 0.3 is 5.97 Å². The molecule has 12 heteroatoms. The Morgan fingerprint density at radius 3 is 2.03 bits per heavy atom. The molecule has 5 unspecified atom stereocenters. The Bertz CT molecular complexity index is 763. The first-order valence-electron chi connectivity index (χ1n) is 9.43. The molecular formula is C19H28N4O7S. The van der Waals surface area contributed by atoms with Crippen molar-refractivity contribution >= 4 is 36.3 Å². The number of aliphatic carboxylic acids is 1. The lowest BCUT2D eigenvalue weighted by atomic mass is 10.0. The molecule has 0 saturated carbocycles. The Morgan fingerprint density at radius 1 is 1.00 bits per heavy atom. The van der Waals surface area contributed by atoms with Crippen LogP contribution >= 0.6 is 12.6 Å². The van der Waals surface area contributed by atoms with Gasteiger partial charge in [0.15, 0.2) is 6.04 Å². The monoisotopic (exact) mass is 456 g/mol. The van der Waals surface area contributed by atoms with Gasteiger partial charge in [-0.05, 0) is 12.5 Å². The maximum atomic E-state index is 12.8. The number of nitrogens with one attached hydrogen (secondary N) is 3. The summed E-state index contributed by atoms with van der Waals surface area (Å²) in [5.41, 5.74) is 6.36. The van der Waals surface area contributed by atoms with Gasteiger partial charge in [-0.2, -0.15) is 12.6 Å². The number of carboxylic acid groups (broad SMARTS) is 1. The summed E-state index contributed by atoms with van der Waals surface area (Å²) in [5, 5.41) is 34.9. The van der Waals surface area contributed by atoms with Crippen molar-refractivity contribution in [3.05, 3.63) is 35.9 Å². The van der Waals surface area contributed by atoms with E-state index in [4.69, 9.17) is 10.8 Å². The second-order valence-corrected chi connectivity index (χ2v) is 7.21. The topological polar surface area (TPSA) is 191 Å².